The molecule has 1 heterocycles. The number of nitrogens with zero attached hydrogens (tertiary/aromatic N) is 3. The monoisotopic (exact) mass is 305 g/mol. The number of nitrogens with two attached hydrogens (primary N) is 1. The maximum Gasteiger partial charge on any atom is 0.207 e. The third-order valence-corrected chi connectivity index (χ3v) is 3.19. The van der Waals surface area contributed by atoms with Crippen molar-refractivity contribution in [3.63, 3.8) is 0 Å². The minimum absolute atomic E-state index is 0.0477. The topological polar surface area (TPSA) is 137 Å². The van der Waals surface area contributed by atoms with Crippen LogP contribution in [-0.4, -0.2) is 23.1 Å². The van der Waals surface area contributed by atoms with E-state index in [1.165, 1.54) is 17.3 Å². The molecule has 1 aromatic heterocycles. The zero-order valence-corrected chi connectivity index (χ0v) is 12.3. The van der Waals surface area contributed by atoms with Crippen LogP contribution in [-0.2, 0) is 11.3 Å². The molecule has 118 valence electrons. The van der Waals surface area contributed by atoms with Crippen molar-refractivity contribution in [1.82, 2.24) is 10.2 Å². The normalized spacial score (nSPS) is 13.9. The van der Waals surface area contributed by atoms with Crippen molar-refractivity contribution < 1.29 is 9.26 Å². The number of anilines is 1. The summed E-state index contributed by atoms with van der Waals surface area (Å²) in [4.78, 5) is 0. The van der Waals surface area contributed by atoms with Gasteiger partial charge >= 0.3 is 0 Å². The average molecular weight is 305 g/mol. The molecule has 0 aromatic carbocycles. The molecule has 0 saturated heterocycles. The molecule has 0 radical (unpaired) electrons. The fourth-order valence-corrected chi connectivity index (χ4v) is 1.79. The lowest BCUT2D eigenvalue weighted by Gasteiger charge is -2.14. The molecular weight excluding hydrogens is 286 g/mol. The maximum atomic E-state index is 7.57. The quantitative estimate of drug-likeness (QED) is 0.252. The van der Waals surface area contributed by atoms with Crippen molar-refractivity contribution >= 4 is 11.7 Å². The van der Waals surface area contributed by atoms with Gasteiger partial charge < -0.3 is 20.3 Å². The first-order chi connectivity index (χ1) is 10.6. The van der Waals surface area contributed by atoms with E-state index < -0.39 is 0 Å². The molecule has 0 aliphatic heterocycles. The summed E-state index contributed by atoms with van der Waals surface area (Å²) >= 11 is 0. The van der Waals surface area contributed by atoms with Gasteiger partial charge in [-0.2, -0.15) is 5.53 Å². The summed E-state index contributed by atoms with van der Waals surface area (Å²) in [6.45, 7) is 3.90. The van der Waals surface area contributed by atoms with Crippen LogP contribution in [0.15, 0.2) is 34.4 Å². The number of hydrogen-bond donors (Lipinski definition) is 4. The fourth-order valence-electron chi connectivity index (χ4n) is 1.79. The third kappa shape index (κ3) is 3.62. The van der Waals surface area contributed by atoms with Crippen LogP contribution >= 0.6 is 0 Å². The Bertz CT molecular complexity index is 604. The summed E-state index contributed by atoms with van der Waals surface area (Å²) in [6, 6.07) is 0. The first-order valence-corrected chi connectivity index (χ1v) is 6.72. The maximum absolute atomic E-state index is 7.57. The standard InChI is InChI=1S/C13H19N7O2/c1-8(20(2)19-16)17-13-10(7-21-11(15)5-6-14)12(22-18-13)9-3-4-9/h5-6,9,15-16H,1,3-4,7,14H2,2H3,(H,17,18)/b6-5-,15-11?,19-16?. The van der Waals surface area contributed by atoms with E-state index in [0.717, 1.165) is 24.2 Å². The predicted molar refractivity (Wildman–Crippen MR) is 80.0 cm³/mol. The zero-order valence-electron chi connectivity index (χ0n) is 12.3. The van der Waals surface area contributed by atoms with Gasteiger partial charge in [-0.3, -0.25) is 5.41 Å². The van der Waals surface area contributed by atoms with Crippen molar-refractivity contribution in [3.8, 4) is 0 Å². The molecule has 0 unspecified atom stereocenters. The van der Waals surface area contributed by atoms with E-state index in [9.17, 15) is 0 Å². The lowest BCUT2D eigenvalue weighted by atomic mass is 10.2. The molecule has 1 aliphatic rings. The molecule has 1 aliphatic carbocycles. The van der Waals surface area contributed by atoms with E-state index >= 15 is 0 Å². The van der Waals surface area contributed by atoms with Crippen LogP contribution in [0.3, 0.4) is 0 Å². The van der Waals surface area contributed by atoms with E-state index in [-0.39, 0.29) is 12.5 Å². The number of rotatable bonds is 8. The Kier molecular flexibility index (Phi) is 4.77. The largest absolute Gasteiger partial charge is 0.473 e. The molecule has 0 spiro atoms. The fraction of sp³-hybridized carbons (Fsp3) is 0.385. The lowest BCUT2D eigenvalue weighted by molar-refractivity contribution is 0.287. The Hall–Kier alpha value is -2.84. The van der Waals surface area contributed by atoms with Gasteiger partial charge in [0.2, 0.25) is 5.90 Å². The molecule has 9 heteroatoms. The molecule has 5 N–H and O–H groups in total. The van der Waals surface area contributed by atoms with E-state index in [2.05, 4.69) is 22.3 Å². The van der Waals surface area contributed by atoms with Gasteiger partial charge in [0.15, 0.2) is 5.82 Å². The molecule has 1 fully saturated rings. The van der Waals surface area contributed by atoms with Gasteiger partial charge in [0.25, 0.3) is 0 Å². The van der Waals surface area contributed by atoms with Gasteiger partial charge in [-0.15, -0.1) is 0 Å². The van der Waals surface area contributed by atoms with Crippen LogP contribution in [0.2, 0.25) is 0 Å². The summed E-state index contributed by atoms with van der Waals surface area (Å²) in [5, 5.41) is 19.0. The predicted octanol–water partition coefficient (Wildman–Crippen LogP) is 2.28. The summed E-state index contributed by atoms with van der Waals surface area (Å²) in [5.41, 5.74) is 12.9. The smallest absolute Gasteiger partial charge is 0.207 e. The van der Waals surface area contributed by atoms with Gasteiger partial charge in [0.1, 0.15) is 18.2 Å². The molecule has 0 amide bonds. The SMILES string of the molecule is C=C(Nc1noc(C2CC2)c1COC(=N)/C=C\N)N(C)N=N. The lowest BCUT2D eigenvalue weighted by Crippen LogP contribution is -2.16. The molecule has 9 nitrogen and oxygen atoms in total. The van der Waals surface area contributed by atoms with E-state index in [4.69, 9.17) is 25.9 Å². The van der Waals surface area contributed by atoms with Crippen molar-refractivity contribution in [1.29, 1.82) is 10.9 Å². The third-order valence-electron chi connectivity index (χ3n) is 3.19. The second-order valence-electron chi connectivity index (χ2n) is 4.86. The number of aromatic nitrogens is 1. The highest BCUT2D eigenvalue weighted by Crippen LogP contribution is 2.43. The van der Waals surface area contributed by atoms with Crippen molar-refractivity contribution in [3.05, 3.63) is 36.0 Å². The molecule has 1 saturated carbocycles. The highest BCUT2D eigenvalue weighted by Gasteiger charge is 2.32. The van der Waals surface area contributed by atoms with Crippen LogP contribution in [0.1, 0.15) is 30.1 Å². The summed E-state index contributed by atoms with van der Waals surface area (Å²) in [6.07, 6.45) is 4.68. The molecule has 1 aromatic rings. The molecule has 22 heavy (non-hydrogen) atoms. The highest BCUT2D eigenvalue weighted by atomic mass is 16.5. The minimum atomic E-state index is -0.0477. The zero-order chi connectivity index (χ0) is 16.1. The van der Waals surface area contributed by atoms with Gasteiger partial charge in [0.05, 0.1) is 5.56 Å². The van der Waals surface area contributed by atoms with E-state index in [0.29, 0.717) is 17.6 Å². The Balaban J connectivity index is 2.13. The van der Waals surface area contributed by atoms with Crippen LogP contribution in [0, 0.1) is 10.9 Å². The first-order valence-electron chi connectivity index (χ1n) is 6.72. The van der Waals surface area contributed by atoms with E-state index in [1.54, 1.807) is 7.05 Å². The summed E-state index contributed by atoms with van der Waals surface area (Å²) < 4.78 is 10.7. The summed E-state index contributed by atoms with van der Waals surface area (Å²) in [7, 11) is 1.59. The molecule has 0 bridgehead atoms. The summed E-state index contributed by atoms with van der Waals surface area (Å²) in [5.74, 6) is 1.88. The molecule has 0 atom stereocenters. The average Bonchev–Trinajstić information content (AvgIpc) is 3.27. The van der Waals surface area contributed by atoms with Crippen molar-refractivity contribution in [2.24, 2.45) is 11.0 Å². The second-order valence-corrected chi connectivity index (χ2v) is 4.86. The first kappa shape index (κ1) is 15.5. The van der Waals surface area contributed by atoms with Gasteiger partial charge in [-0.1, -0.05) is 17.0 Å². The Morgan fingerprint density at radius 1 is 1.68 bits per heavy atom. The highest BCUT2D eigenvalue weighted by molar-refractivity contribution is 5.84. The van der Waals surface area contributed by atoms with Crippen LogP contribution in [0.25, 0.3) is 0 Å². The van der Waals surface area contributed by atoms with Crippen LogP contribution < -0.4 is 11.1 Å². The Morgan fingerprint density at radius 2 is 2.41 bits per heavy atom. The van der Waals surface area contributed by atoms with Gasteiger partial charge in [-0.05, 0) is 19.0 Å². The number of nitrogens with one attached hydrogen (secondary N) is 3. The second kappa shape index (κ2) is 6.74. The number of hydrogen-bond acceptors (Lipinski definition) is 8. The van der Waals surface area contributed by atoms with Gasteiger partial charge in [0, 0.05) is 19.0 Å². The Morgan fingerprint density at radius 3 is 3.00 bits per heavy atom. The van der Waals surface area contributed by atoms with Crippen molar-refractivity contribution in [2.75, 3.05) is 12.4 Å². The number of ether oxygens (including phenoxy) is 1. The Labute approximate surface area is 127 Å². The van der Waals surface area contributed by atoms with E-state index in [1.807, 2.05) is 0 Å². The van der Waals surface area contributed by atoms with Crippen LogP contribution in [0.4, 0.5) is 5.82 Å². The minimum Gasteiger partial charge on any atom is -0.473 e. The molecular formula is C13H19N7O2. The van der Waals surface area contributed by atoms with Gasteiger partial charge in [-0.25, -0.2) is 5.01 Å². The van der Waals surface area contributed by atoms with Crippen LogP contribution in [0.5, 0.6) is 0 Å². The van der Waals surface area contributed by atoms with Crippen molar-refractivity contribution in [2.45, 2.75) is 25.4 Å². The molecule has 2 rings (SSSR count).